The summed E-state index contributed by atoms with van der Waals surface area (Å²) in [5.74, 6) is 0.332. The predicted molar refractivity (Wildman–Crippen MR) is 93.9 cm³/mol. The van der Waals surface area contributed by atoms with Gasteiger partial charge in [0.05, 0.1) is 17.6 Å². The number of halogens is 3. The van der Waals surface area contributed by atoms with Crippen LogP contribution in [-0.2, 0) is 5.60 Å². The number of aromatic nitrogens is 3. The van der Waals surface area contributed by atoms with E-state index in [2.05, 4.69) is 15.1 Å². The highest BCUT2D eigenvalue weighted by molar-refractivity contribution is 5.71. The van der Waals surface area contributed by atoms with Crippen molar-refractivity contribution >= 4 is 5.82 Å². The number of hydrogen-bond acceptors (Lipinski definition) is 7. The Bertz CT molecular complexity index is 999. The SMILES string of the molecule is Cc1cc(-c2nc(-c3cc(C(O)(C(O)F)C(F)F)ccc3C)cnc2N)on1. The molecule has 2 aromatic heterocycles. The van der Waals surface area contributed by atoms with Crippen molar-refractivity contribution in [3.8, 4) is 22.7 Å². The van der Waals surface area contributed by atoms with Crippen molar-refractivity contribution in [2.45, 2.75) is 32.2 Å². The van der Waals surface area contributed by atoms with Crippen LogP contribution in [0.25, 0.3) is 22.7 Å². The Hall–Kier alpha value is -2.98. The van der Waals surface area contributed by atoms with E-state index in [-0.39, 0.29) is 23.0 Å². The largest absolute Gasteiger partial charge is 0.382 e. The van der Waals surface area contributed by atoms with E-state index in [9.17, 15) is 18.3 Å². The first-order chi connectivity index (χ1) is 13.1. The van der Waals surface area contributed by atoms with Crippen LogP contribution in [0.5, 0.6) is 0 Å². The quantitative estimate of drug-likeness (QED) is 0.609. The Morgan fingerprint density at radius 3 is 2.46 bits per heavy atom. The number of aliphatic hydroxyl groups is 2. The van der Waals surface area contributed by atoms with Crippen LogP contribution in [0.2, 0.25) is 0 Å². The summed E-state index contributed by atoms with van der Waals surface area (Å²) >= 11 is 0. The molecule has 4 N–H and O–H groups in total. The summed E-state index contributed by atoms with van der Waals surface area (Å²) in [4.78, 5) is 8.39. The van der Waals surface area contributed by atoms with Gasteiger partial charge in [-0.25, -0.2) is 23.1 Å². The number of alkyl halides is 3. The van der Waals surface area contributed by atoms with Crippen molar-refractivity contribution in [3.63, 3.8) is 0 Å². The fourth-order valence-electron chi connectivity index (χ4n) is 2.70. The van der Waals surface area contributed by atoms with E-state index in [0.717, 1.165) is 12.1 Å². The van der Waals surface area contributed by atoms with E-state index < -0.39 is 23.9 Å². The molecule has 0 aliphatic carbocycles. The maximum atomic E-state index is 13.4. The summed E-state index contributed by atoms with van der Waals surface area (Å²) in [5.41, 5.74) is 3.85. The van der Waals surface area contributed by atoms with Gasteiger partial charge < -0.3 is 20.5 Å². The van der Waals surface area contributed by atoms with Crippen molar-refractivity contribution < 1.29 is 27.9 Å². The lowest BCUT2D eigenvalue weighted by Gasteiger charge is -2.28. The van der Waals surface area contributed by atoms with Gasteiger partial charge >= 0.3 is 0 Å². The maximum absolute atomic E-state index is 13.4. The third-order valence-electron chi connectivity index (χ3n) is 4.33. The fourth-order valence-corrected chi connectivity index (χ4v) is 2.70. The Morgan fingerprint density at radius 2 is 1.89 bits per heavy atom. The minimum Gasteiger partial charge on any atom is -0.382 e. The van der Waals surface area contributed by atoms with Gasteiger partial charge in [0, 0.05) is 11.6 Å². The second kappa shape index (κ2) is 7.21. The average molecular weight is 394 g/mol. The standard InChI is InChI=1S/C18H17F3N4O3/c1-8-3-4-10(18(27,16(19)20)17(21)26)6-11(8)12-7-23-15(22)14(24-12)13-5-9(2)25-28-13/h3-7,16-17,26-27H,1-2H3,(H2,22,23). The number of anilines is 1. The Balaban J connectivity index is 2.15. The zero-order valence-corrected chi connectivity index (χ0v) is 14.9. The fraction of sp³-hybridized carbons (Fsp3) is 0.278. The average Bonchev–Trinajstić information content (AvgIpc) is 3.07. The Labute approximate surface area is 157 Å². The molecule has 0 saturated heterocycles. The van der Waals surface area contributed by atoms with E-state index in [4.69, 9.17) is 15.4 Å². The molecule has 10 heteroatoms. The van der Waals surface area contributed by atoms with Gasteiger partial charge in [-0.05, 0) is 31.0 Å². The molecule has 0 fully saturated rings. The number of benzene rings is 1. The first-order valence-electron chi connectivity index (χ1n) is 8.15. The third kappa shape index (κ3) is 3.32. The van der Waals surface area contributed by atoms with Crippen molar-refractivity contribution in [2.24, 2.45) is 0 Å². The van der Waals surface area contributed by atoms with Gasteiger partial charge in [0.25, 0.3) is 6.43 Å². The molecule has 148 valence electrons. The van der Waals surface area contributed by atoms with Gasteiger partial charge in [0.15, 0.2) is 17.3 Å². The second-order valence-corrected chi connectivity index (χ2v) is 6.31. The van der Waals surface area contributed by atoms with E-state index in [0.29, 0.717) is 16.8 Å². The van der Waals surface area contributed by atoms with Crippen molar-refractivity contribution in [1.29, 1.82) is 0 Å². The van der Waals surface area contributed by atoms with Crippen molar-refractivity contribution in [2.75, 3.05) is 5.73 Å². The highest BCUT2D eigenvalue weighted by Crippen LogP contribution is 2.36. The smallest absolute Gasteiger partial charge is 0.276 e. The molecule has 7 nitrogen and oxygen atoms in total. The van der Waals surface area contributed by atoms with Crippen LogP contribution < -0.4 is 5.73 Å². The molecule has 0 saturated carbocycles. The minimum absolute atomic E-state index is 0.0666. The highest BCUT2D eigenvalue weighted by Gasteiger charge is 2.47. The topological polar surface area (TPSA) is 118 Å². The molecule has 0 radical (unpaired) electrons. The van der Waals surface area contributed by atoms with Crippen LogP contribution in [0.4, 0.5) is 19.0 Å². The van der Waals surface area contributed by atoms with Gasteiger partial charge in [-0.2, -0.15) is 0 Å². The zero-order chi connectivity index (χ0) is 20.6. The molecule has 0 aliphatic rings. The summed E-state index contributed by atoms with van der Waals surface area (Å²) in [6, 6.07) is 5.23. The van der Waals surface area contributed by atoms with Gasteiger partial charge in [-0.15, -0.1) is 0 Å². The summed E-state index contributed by atoms with van der Waals surface area (Å²) < 4.78 is 45.1. The molecule has 0 spiro atoms. The number of hydrogen-bond donors (Lipinski definition) is 3. The first kappa shape index (κ1) is 19.8. The normalized spacial score (nSPS) is 14.9. The van der Waals surface area contributed by atoms with Crippen LogP contribution in [-0.4, -0.2) is 38.1 Å². The summed E-state index contributed by atoms with van der Waals surface area (Å²) in [5, 5.41) is 22.9. The molecule has 3 aromatic rings. The molecular weight excluding hydrogens is 377 g/mol. The van der Waals surface area contributed by atoms with Gasteiger partial charge in [-0.3, -0.25) is 0 Å². The lowest BCUT2D eigenvalue weighted by Crippen LogP contribution is -2.43. The van der Waals surface area contributed by atoms with E-state index in [1.165, 1.54) is 12.3 Å². The van der Waals surface area contributed by atoms with E-state index in [1.807, 2.05) is 0 Å². The molecule has 0 amide bonds. The third-order valence-corrected chi connectivity index (χ3v) is 4.33. The number of aliphatic hydroxyl groups excluding tert-OH is 1. The molecule has 2 atom stereocenters. The minimum atomic E-state index is -3.56. The van der Waals surface area contributed by atoms with Gasteiger partial charge in [-0.1, -0.05) is 17.3 Å². The summed E-state index contributed by atoms with van der Waals surface area (Å²) in [6.07, 6.45) is -5.44. The Morgan fingerprint density at radius 1 is 1.18 bits per heavy atom. The highest BCUT2D eigenvalue weighted by atomic mass is 19.3. The number of rotatable bonds is 5. The molecule has 3 rings (SSSR count). The number of aryl methyl sites for hydroxylation is 2. The molecule has 2 unspecified atom stereocenters. The molecule has 0 bridgehead atoms. The monoisotopic (exact) mass is 394 g/mol. The summed E-state index contributed by atoms with van der Waals surface area (Å²) in [6.45, 7) is 3.38. The molecule has 1 aromatic carbocycles. The van der Waals surface area contributed by atoms with Gasteiger partial charge in [0.1, 0.15) is 0 Å². The van der Waals surface area contributed by atoms with E-state index in [1.54, 1.807) is 19.9 Å². The van der Waals surface area contributed by atoms with Crippen LogP contribution in [0, 0.1) is 13.8 Å². The van der Waals surface area contributed by atoms with Gasteiger partial charge in [0.2, 0.25) is 12.0 Å². The number of nitrogens with two attached hydrogens (primary N) is 1. The van der Waals surface area contributed by atoms with Crippen LogP contribution in [0.1, 0.15) is 16.8 Å². The number of nitrogen functional groups attached to an aromatic ring is 1. The van der Waals surface area contributed by atoms with Crippen LogP contribution in [0.15, 0.2) is 35.0 Å². The first-order valence-corrected chi connectivity index (χ1v) is 8.15. The lowest BCUT2D eigenvalue weighted by molar-refractivity contribution is -0.211. The lowest BCUT2D eigenvalue weighted by atomic mass is 9.90. The second-order valence-electron chi connectivity index (χ2n) is 6.31. The Kier molecular flexibility index (Phi) is 5.09. The molecule has 2 heterocycles. The van der Waals surface area contributed by atoms with Crippen LogP contribution >= 0.6 is 0 Å². The van der Waals surface area contributed by atoms with E-state index >= 15 is 0 Å². The molecule has 28 heavy (non-hydrogen) atoms. The summed E-state index contributed by atoms with van der Waals surface area (Å²) in [7, 11) is 0. The maximum Gasteiger partial charge on any atom is 0.276 e. The number of nitrogens with zero attached hydrogens (tertiary/aromatic N) is 3. The molecule has 0 aliphatic heterocycles. The predicted octanol–water partition coefficient (Wildman–Crippen LogP) is 2.74. The van der Waals surface area contributed by atoms with Crippen LogP contribution in [0.3, 0.4) is 0 Å². The molecular formula is C18H17F3N4O3. The van der Waals surface area contributed by atoms with Crippen molar-refractivity contribution in [1.82, 2.24) is 15.1 Å². The zero-order valence-electron chi connectivity index (χ0n) is 14.9. The van der Waals surface area contributed by atoms with Crippen molar-refractivity contribution in [3.05, 3.63) is 47.3 Å².